The van der Waals surface area contributed by atoms with Crippen molar-refractivity contribution in [3.8, 4) is 0 Å². The van der Waals surface area contributed by atoms with Crippen LogP contribution in [0, 0.1) is 0 Å². The quantitative estimate of drug-likeness (QED) is 0.0204. The van der Waals surface area contributed by atoms with Gasteiger partial charge in [0.2, 0.25) is 5.91 Å². The molecular formula is C67H121NO13. The monoisotopic (exact) mass is 1150 g/mol. The molecule has 2 saturated heterocycles. The highest BCUT2D eigenvalue weighted by Gasteiger charge is 2.51. The van der Waals surface area contributed by atoms with Gasteiger partial charge in [0.1, 0.15) is 48.8 Å². The Morgan fingerprint density at radius 1 is 0.444 bits per heavy atom. The molecule has 81 heavy (non-hydrogen) atoms. The van der Waals surface area contributed by atoms with E-state index in [1.165, 1.54) is 180 Å². The van der Waals surface area contributed by atoms with Crippen LogP contribution in [-0.2, 0) is 23.7 Å². The molecule has 0 aromatic rings. The third-order valence-electron chi connectivity index (χ3n) is 15.9. The van der Waals surface area contributed by atoms with E-state index in [0.717, 1.165) is 51.4 Å². The molecule has 2 aliphatic rings. The smallest absolute Gasteiger partial charge is 0.220 e. The van der Waals surface area contributed by atoms with E-state index in [-0.39, 0.29) is 18.9 Å². The summed E-state index contributed by atoms with van der Waals surface area (Å²) in [7, 11) is 0. The van der Waals surface area contributed by atoms with Crippen LogP contribution >= 0.6 is 0 Å². The molecule has 0 bridgehead atoms. The average Bonchev–Trinajstić information content (AvgIpc) is 3.47. The first-order valence-corrected chi connectivity index (χ1v) is 33.0. The van der Waals surface area contributed by atoms with E-state index in [1.807, 2.05) is 6.08 Å². The van der Waals surface area contributed by atoms with E-state index in [1.54, 1.807) is 6.08 Å². The first-order valence-electron chi connectivity index (χ1n) is 33.0. The van der Waals surface area contributed by atoms with E-state index < -0.39 is 86.8 Å². The second-order valence-electron chi connectivity index (χ2n) is 23.2. The Balaban J connectivity index is 1.70. The molecule has 1 amide bonds. The lowest BCUT2D eigenvalue weighted by Crippen LogP contribution is -2.65. The van der Waals surface area contributed by atoms with E-state index >= 15 is 0 Å². The molecule has 0 radical (unpaired) electrons. The largest absolute Gasteiger partial charge is 0.394 e. The highest BCUT2D eigenvalue weighted by molar-refractivity contribution is 5.76. The summed E-state index contributed by atoms with van der Waals surface area (Å²) in [6.45, 7) is 2.78. The molecule has 2 heterocycles. The number of unbranched alkanes of at least 4 members (excludes halogenated alkanes) is 32. The lowest BCUT2D eigenvalue weighted by molar-refractivity contribution is -0.359. The van der Waals surface area contributed by atoms with Crippen molar-refractivity contribution in [3.63, 3.8) is 0 Å². The molecule has 472 valence electrons. The zero-order valence-electron chi connectivity index (χ0n) is 51.0. The van der Waals surface area contributed by atoms with Gasteiger partial charge in [0.15, 0.2) is 12.6 Å². The van der Waals surface area contributed by atoms with Crippen molar-refractivity contribution in [2.24, 2.45) is 0 Å². The number of ether oxygens (including phenoxy) is 4. The Bertz CT molecular complexity index is 1590. The number of aliphatic hydroxyl groups is 8. The van der Waals surface area contributed by atoms with Crippen LogP contribution < -0.4 is 5.32 Å². The normalized spacial score (nSPS) is 24.5. The number of allylic oxidation sites excluding steroid dienone is 9. The molecule has 12 atom stereocenters. The fourth-order valence-electron chi connectivity index (χ4n) is 10.6. The first-order chi connectivity index (χ1) is 39.6. The summed E-state index contributed by atoms with van der Waals surface area (Å²) >= 11 is 0. The maximum absolute atomic E-state index is 13.3. The first kappa shape index (κ1) is 74.8. The molecule has 0 spiro atoms. The van der Waals surface area contributed by atoms with Gasteiger partial charge in [-0.3, -0.25) is 4.79 Å². The van der Waals surface area contributed by atoms with Crippen LogP contribution in [0.1, 0.15) is 264 Å². The molecule has 2 aliphatic heterocycles. The van der Waals surface area contributed by atoms with Crippen molar-refractivity contribution in [2.75, 3.05) is 19.8 Å². The Hall–Kier alpha value is -2.31. The highest BCUT2D eigenvalue weighted by Crippen LogP contribution is 2.30. The number of rotatable bonds is 53. The second-order valence-corrected chi connectivity index (χ2v) is 23.2. The van der Waals surface area contributed by atoms with Gasteiger partial charge in [-0.2, -0.15) is 0 Å². The predicted octanol–water partition coefficient (Wildman–Crippen LogP) is 12.5. The SMILES string of the molecule is CCCCCCC/C=C\C/C=C\CCCCCCCCCCCCCCCCCCCC(=O)NC(COC1OC(CO)C(OC2OC(CO)C(O)C(O)C2O)C(O)C1O)C(O)/C=C/CC/C=C/CC/C=C/CCCCCCCCCC. The van der Waals surface area contributed by atoms with Gasteiger partial charge in [-0.1, -0.05) is 242 Å². The number of amides is 1. The van der Waals surface area contributed by atoms with Crippen LogP contribution in [0.3, 0.4) is 0 Å². The fraction of sp³-hybridized carbons (Fsp3) is 0.836. The second kappa shape index (κ2) is 52.1. The zero-order chi connectivity index (χ0) is 58.8. The van der Waals surface area contributed by atoms with Crippen molar-refractivity contribution in [1.29, 1.82) is 0 Å². The number of hydrogen-bond donors (Lipinski definition) is 9. The van der Waals surface area contributed by atoms with Crippen LogP contribution in [-0.4, -0.2) is 140 Å². The number of carbonyl (C=O) groups is 1. The molecule has 0 aliphatic carbocycles. The minimum Gasteiger partial charge on any atom is -0.394 e. The maximum atomic E-state index is 13.3. The average molecular weight is 1150 g/mol. The fourth-order valence-corrected chi connectivity index (χ4v) is 10.6. The predicted molar refractivity (Wildman–Crippen MR) is 327 cm³/mol. The standard InChI is InChI=1S/C67H121NO13/c1-3-5-7-9-11-13-15-17-19-21-23-24-25-26-27-28-29-30-31-32-33-35-37-39-41-43-45-47-49-51-59(72)68-55(56(71)50-48-46-44-42-40-38-36-34-22-20-18-16-14-12-10-8-6-4-2)54-78-66-64(77)62(75)65(58(53-70)80-66)81-67-63(76)61(74)60(73)57(52-69)79-67/h15,17,21-23,34,40,42,48,50,55-58,60-67,69-71,73-77H,3-14,16,18-20,24-33,35-39,41,43-47,49,51-54H2,1-2H3,(H,68,72)/b17-15-,23-21-,34-22+,42-40+,50-48+. The highest BCUT2D eigenvalue weighted by atomic mass is 16.7. The van der Waals surface area contributed by atoms with Crippen LogP contribution in [0.5, 0.6) is 0 Å². The lowest BCUT2D eigenvalue weighted by Gasteiger charge is -2.46. The van der Waals surface area contributed by atoms with Gasteiger partial charge in [-0.05, 0) is 77.0 Å². The van der Waals surface area contributed by atoms with Gasteiger partial charge in [-0.15, -0.1) is 0 Å². The van der Waals surface area contributed by atoms with Crippen molar-refractivity contribution in [2.45, 2.75) is 338 Å². The molecule has 0 aromatic carbocycles. The molecule has 0 aromatic heterocycles. The Morgan fingerprint density at radius 2 is 0.827 bits per heavy atom. The van der Waals surface area contributed by atoms with Crippen LogP contribution in [0.25, 0.3) is 0 Å². The maximum Gasteiger partial charge on any atom is 0.220 e. The lowest BCUT2D eigenvalue weighted by atomic mass is 9.97. The third kappa shape index (κ3) is 37.0. The van der Waals surface area contributed by atoms with Crippen molar-refractivity contribution < 1.29 is 64.6 Å². The van der Waals surface area contributed by atoms with Gasteiger partial charge in [-0.25, -0.2) is 0 Å². The van der Waals surface area contributed by atoms with Gasteiger partial charge in [0.25, 0.3) is 0 Å². The summed E-state index contributed by atoms with van der Waals surface area (Å²) in [4.78, 5) is 13.3. The molecular weight excluding hydrogens is 1030 g/mol. The summed E-state index contributed by atoms with van der Waals surface area (Å²) in [6.07, 6.45) is 51.3. The Kier molecular flexibility index (Phi) is 48.1. The van der Waals surface area contributed by atoms with Crippen LogP contribution in [0.4, 0.5) is 0 Å². The molecule has 14 heteroatoms. The molecule has 2 fully saturated rings. The summed E-state index contributed by atoms with van der Waals surface area (Å²) in [6, 6.07) is -0.939. The van der Waals surface area contributed by atoms with Gasteiger partial charge < -0.3 is 65.1 Å². The summed E-state index contributed by atoms with van der Waals surface area (Å²) < 4.78 is 22.8. The van der Waals surface area contributed by atoms with Crippen LogP contribution in [0.2, 0.25) is 0 Å². The number of carbonyl (C=O) groups excluding carboxylic acids is 1. The number of hydrogen-bond acceptors (Lipinski definition) is 13. The van der Waals surface area contributed by atoms with Gasteiger partial charge in [0.05, 0.1) is 32.0 Å². The van der Waals surface area contributed by atoms with Crippen molar-refractivity contribution >= 4 is 5.91 Å². The molecule has 12 unspecified atom stereocenters. The van der Waals surface area contributed by atoms with E-state index in [9.17, 15) is 45.6 Å². The summed E-state index contributed by atoms with van der Waals surface area (Å²) in [5, 5.41) is 87.2. The van der Waals surface area contributed by atoms with Gasteiger partial charge >= 0.3 is 0 Å². The molecule has 0 saturated carbocycles. The minimum absolute atomic E-state index is 0.252. The summed E-state index contributed by atoms with van der Waals surface area (Å²) in [5.41, 5.74) is 0. The summed E-state index contributed by atoms with van der Waals surface area (Å²) in [5.74, 6) is -0.252. The topological polar surface area (TPSA) is 228 Å². The van der Waals surface area contributed by atoms with E-state index in [2.05, 4.69) is 67.8 Å². The Morgan fingerprint density at radius 3 is 1.28 bits per heavy atom. The van der Waals surface area contributed by atoms with Crippen molar-refractivity contribution in [3.05, 3.63) is 60.8 Å². The van der Waals surface area contributed by atoms with E-state index in [0.29, 0.717) is 12.8 Å². The Labute approximate surface area is 492 Å². The minimum atomic E-state index is -1.79. The zero-order valence-corrected chi connectivity index (χ0v) is 51.0. The third-order valence-corrected chi connectivity index (χ3v) is 15.9. The van der Waals surface area contributed by atoms with E-state index in [4.69, 9.17) is 18.9 Å². The molecule has 9 N–H and O–H groups in total. The van der Waals surface area contributed by atoms with Gasteiger partial charge in [0, 0.05) is 6.42 Å². The molecule has 14 nitrogen and oxygen atoms in total. The number of aliphatic hydroxyl groups excluding tert-OH is 8. The number of nitrogens with one attached hydrogen (secondary N) is 1. The van der Waals surface area contributed by atoms with Crippen molar-refractivity contribution in [1.82, 2.24) is 5.32 Å². The molecule has 2 rings (SSSR count). The van der Waals surface area contributed by atoms with Crippen LogP contribution in [0.15, 0.2) is 60.8 Å².